The number of Topliss-reactive ketones (excluding diaryl/α,β-unsaturated/α-hetero) is 1. The molecule has 130 valence electrons. The molecular weight excluding hydrogens is 336 g/mol. The van der Waals surface area contributed by atoms with Crippen molar-refractivity contribution in [2.75, 3.05) is 0 Å². The molecule has 3 aromatic carbocycles. The van der Waals surface area contributed by atoms with Crippen molar-refractivity contribution in [1.29, 1.82) is 0 Å². The van der Waals surface area contributed by atoms with E-state index in [1.807, 2.05) is 36.4 Å². The Kier molecular flexibility index (Phi) is 4.45. The molecule has 27 heavy (non-hydrogen) atoms. The number of carbonyl (C=O) groups is 1. The lowest BCUT2D eigenvalue weighted by atomic mass is 10.0. The van der Waals surface area contributed by atoms with Crippen LogP contribution in [0.2, 0.25) is 0 Å². The fourth-order valence-corrected chi connectivity index (χ4v) is 2.92. The molecule has 4 aromatic rings. The molecule has 0 atom stereocenters. The third-order valence-corrected chi connectivity index (χ3v) is 4.31. The molecule has 0 radical (unpaired) electrons. The highest BCUT2D eigenvalue weighted by Gasteiger charge is 2.25. The van der Waals surface area contributed by atoms with Crippen LogP contribution in [0.15, 0.2) is 97.3 Å². The maximum absolute atomic E-state index is 13.2. The maximum atomic E-state index is 13.2. The van der Waals surface area contributed by atoms with Crippen LogP contribution in [-0.2, 0) is 0 Å². The Morgan fingerprint density at radius 3 is 1.96 bits per heavy atom. The maximum Gasteiger partial charge on any atom is 0.278 e. The van der Waals surface area contributed by atoms with Crippen molar-refractivity contribution in [3.8, 4) is 0 Å². The Morgan fingerprint density at radius 1 is 0.741 bits per heavy atom. The van der Waals surface area contributed by atoms with Gasteiger partial charge in [-0.15, -0.1) is 0 Å². The van der Waals surface area contributed by atoms with Gasteiger partial charge in [0.05, 0.1) is 5.39 Å². The monoisotopic (exact) mass is 352 g/mol. The van der Waals surface area contributed by atoms with Crippen LogP contribution in [0.5, 0.6) is 0 Å². The first kappa shape index (κ1) is 16.7. The van der Waals surface area contributed by atoms with E-state index < -0.39 is 0 Å². The largest absolute Gasteiger partial charge is 0.867 e. The van der Waals surface area contributed by atoms with E-state index >= 15 is 0 Å². The molecule has 0 fully saturated rings. The van der Waals surface area contributed by atoms with Gasteiger partial charge in [0.1, 0.15) is 6.20 Å². The molecule has 0 spiro atoms. The molecule has 0 aliphatic carbocycles. The van der Waals surface area contributed by atoms with Crippen LogP contribution >= 0.6 is 0 Å². The van der Waals surface area contributed by atoms with E-state index in [-0.39, 0.29) is 17.2 Å². The third kappa shape index (κ3) is 3.33. The van der Waals surface area contributed by atoms with E-state index in [1.54, 1.807) is 60.9 Å². The van der Waals surface area contributed by atoms with E-state index in [0.29, 0.717) is 11.1 Å². The summed E-state index contributed by atoms with van der Waals surface area (Å²) in [5, 5.41) is 19.3. The number of rotatable bonds is 4. The minimum atomic E-state index is -0.364. The van der Waals surface area contributed by atoms with Gasteiger partial charge in [-0.25, -0.2) is 0 Å². The molecule has 1 aromatic heterocycles. The Hall–Kier alpha value is -3.79. The van der Waals surface area contributed by atoms with Crippen molar-refractivity contribution in [3.05, 3.63) is 108 Å². The number of hydrogen-bond acceptors (Lipinski definition) is 3. The Morgan fingerprint density at radius 2 is 1.30 bits per heavy atom. The van der Waals surface area contributed by atoms with Crippen molar-refractivity contribution in [2.24, 2.45) is 0 Å². The van der Waals surface area contributed by atoms with E-state index in [9.17, 15) is 9.90 Å². The molecule has 0 amide bonds. The van der Waals surface area contributed by atoms with Crippen LogP contribution in [0, 0.1) is 0 Å². The first-order chi connectivity index (χ1) is 13.2. The number of benzene rings is 3. The van der Waals surface area contributed by atoms with Crippen LogP contribution < -0.4 is 9.79 Å². The summed E-state index contributed by atoms with van der Waals surface area (Å²) >= 11 is 0. The molecule has 1 heterocycles. The molecule has 4 heteroatoms. The highest BCUT2D eigenvalue weighted by Crippen LogP contribution is 2.18. The molecule has 0 saturated carbocycles. The summed E-state index contributed by atoms with van der Waals surface area (Å²) in [6.07, 6.45) is 3.37. The van der Waals surface area contributed by atoms with Gasteiger partial charge in [0.15, 0.2) is 0 Å². The third-order valence-electron chi connectivity index (χ3n) is 4.31. The van der Waals surface area contributed by atoms with E-state index in [1.165, 1.54) is 4.68 Å². The van der Waals surface area contributed by atoms with Crippen molar-refractivity contribution >= 4 is 28.0 Å². The predicted molar refractivity (Wildman–Crippen MR) is 102 cm³/mol. The summed E-state index contributed by atoms with van der Waals surface area (Å²) in [7, 11) is 0. The van der Waals surface area contributed by atoms with Crippen molar-refractivity contribution in [3.63, 3.8) is 0 Å². The number of aromatic nitrogens is 2. The number of nitrogens with zero attached hydrogens (tertiary/aromatic N) is 2. The average molecular weight is 352 g/mol. The number of hydrogen-bond donors (Lipinski definition) is 0. The lowest BCUT2D eigenvalue weighted by Crippen LogP contribution is -2.42. The van der Waals surface area contributed by atoms with E-state index in [0.717, 1.165) is 10.8 Å². The number of ketones is 1. The van der Waals surface area contributed by atoms with Crippen LogP contribution in [0.3, 0.4) is 0 Å². The molecule has 4 rings (SSSR count). The summed E-state index contributed by atoms with van der Waals surface area (Å²) in [4.78, 5) is 13.2. The van der Waals surface area contributed by atoms with Crippen molar-refractivity contribution in [2.45, 2.75) is 0 Å². The summed E-state index contributed by atoms with van der Waals surface area (Å²) in [5.74, 6) is -0.727. The topological polar surface area (TPSA) is 56.9 Å². The second kappa shape index (κ2) is 7.22. The Labute approximate surface area is 156 Å². The molecule has 0 saturated heterocycles. The standard InChI is InChI=1S/C23H16N2O2/c26-22(17-9-3-1-4-10-17)21(23(27)18-11-5-2-6-12-18)25-16-20-14-8-7-13-19(20)15-24-25/h1-16H. The molecular formula is C23H16N2O2. The van der Waals surface area contributed by atoms with Gasteiger partial charge in [-0.05, 0) is 27.2 Å². The number of carbonyl (C=O) groups excluding carboxylic acids is 1. The summed E-state index contributed by atoms with van der Waals surface area (Å²) in [5.41, 5.74) is 0.886. The highest BCUT2D eigenvalue weighted by atomic mass is 16.3. The summed E-state index contributed by atoms with van der Waals surface area (Å²) in [6.45, 7) is 0. The number of fused-ring (bicyclic) bond motifs is 1. The average Bonchev–Trinajstić information content (AvgIpc) is 2.75. The lowest BCUT2D eigenvalue weighted by Gasteiger charge is -2.13. The second-order valence-electron chi connectivity index (χ2n) is 6.09. The van der Waals surface area contributed by atoms with Crippen molar-refractivity contribution < 1.29 is 14.6 Å². The lowest BCUT2D eigenvalue weighted by molar-refractivity contribution is -0.641. The molecule has 0 N–H and O–H groups in total. The van der Waals surface area contributed by atoms with Gasteiger partial charge in [-0.3, -0.25) is 4.79 Å². The van der Waals surface area contributed by atoms with E-state index in [2.05, 4.69) is 5.10 Å². The second-order valence-corrected chi connectivity index (χ2v) is 6.09. The van der Waals surface area contributed by atoms with Gasteiger partial charge in [0.25, 0.3) is 11.5 Å². The van der Waals surface area contributed by atoms with Gasteiger partial charge in [0, 0.05) is 10.9 Å². The molecule has 4 nitrogen and oxygen atoms in total. The van der Waals surface area contributed by atoms with Gasteiger partial charge in [-0.2, -0.15) is 0 Å². The normalized spacial score (nSPS) is 11.9. The zero-order chi connectivity index (χ0) is 18.6. The van der Waals surface area contributed by atoms with Crippen molar-refractivity contribution in [1.82, 2.24) is 5.10 Å². The number of allylic oxidation sites excluding steroid dienone is 1. The van der Waals surface area contributed by atoms with Crippen LogP contribution in [0.4, 0.5) is 0 Å². The molecule has 0 aliphatic rings. The van der Waals surface area contributed by atoms with Crippen LogP contribution in [0.1, 0.15) is 15.9 Å². The first-order valence-electron chi connectivity index (χ1n) is 8.57. The fourth-order valence-electron chi connectivity index (χ4n) is 2.92. The van der Waals surface area contributed by atoms with E-state index in [4.69, 9.17) is 0 Å². The molecule has 0 bridgehead atoms. The fraction of sp³-hybridized carbons (Fsp3) is 0. The molecule has 0 aliphatic heterocycles. The molecule has 0 unspecified atom stereocenters. The van der Waals surface area contributed by atoms with Gasteiger partial charge in [-0.1, -0.05) is 78.9 Å². The van der Waals surface area contributed by atoms with Gasteiger partial charge in [0.2, 0.25) is 6.20 Å². The van der Waals surface area contributed by atoms with Crippen LogP contribution in [0.25, 0.3) is 22.2 Å². The van der Waals surface area contributed by atoms with Gasteiger partial charge < -0.3 is 5.11 Å². The minimum Gasteiger partial charge on any atom is -0.867 e. The quantitative estimate of drug-likeness (QED) is 0.245. The first-order valence-corrected chi connectivity index (χ1v) is 8.57. The zero-order valence-corrected chi connectivity index (χ0v) is 14.4. The Bertz CT molecular complexity index is 1140. The highest BCUT2D eigenvalue weighted by molar-refractivity contribution is 6.26. The van der Waals surface area contributed by atoms with Gasteiger partial charge >= 0.3 is 0 Å². The zero-order valence-electron chi connectivity index (χ0n) is 14.4. The summed E-state index contributed by atoms with van der Waals surface area (Å²) in [6, 6.07) is 25.2. The summed E-state index contributed by atoms with van der Waals surface area (Å²) < 4.78 is 1.38. The predicted octanol–water partition coefficient (Wildman–Crippen LogP) is 3.09. The SMILES string of the molecule is O=C(/C(=C(/[O-])c1ccccc1)[n+]1cc2ccccc2cn1)c1ccccc1. The smallest absolute Gasteiger partial charge is 0.278 e. The Balaban J connectivity index is 1.94. The van der Waals surface area contributed by atoms with Crippen LogP contribution in [-0.4, -0.2) is 10.9 Å². The minimum absolute atomic E-state index is 0.00171.